The van der Waals surface area contributed by atoms with Gasteiger partial charge in [0.2, 0.25) is 5.91 Å². The van der Waals surface area contributed by atoms with Crippen molar-refractivity contribution in [1.82, 2.24) is 9.80 Å². The number of Topliss-reactive ketones (excluding diaryl/α,β-unsaturated/α-hetero) is 1. The zero-order chi connectivity index (χ0) is 30.3. The van der Waals surface area contributed by atoms with Crippen LogP contribution in [0.1, 0.15) is 127 Å². The van der Waals surface area contributed by atoms with Gasteiger partial charge in [0.1, 0.15) is 11.9 Å². The number of amides is 1. The lowest BCUT2D eigenvalue weighted by Gasteiger charge is -2.60. The van der Waals surface area contributed by atoms with E-state index in [1.165, 1.54) is 88.2 Å². The molecule has 1 amide bonds. The molecule has 1 aromatic rings. The fourth-order valence-corrected chi connectivity index (χ4v) is 10.9. The number of hydrogen-bond acceptors (Lipinski definition) is 5. The Morgan fingerprint density at radius 2 is 1.73 bits per heavy atom. The normalized spacial score (nSPS) is 31.7. The fourth-order valence-electron chi connectivity index (χ4n) is 10.9. The molecular weight excluding hydrogens is 548 g/mol. The van der Waals surface area contributed by atoms with E-state index in [9.17, 15) is 9.59 Å². The maximum atomic E-state index is 14.4. The number of rotatable bonds is 11. The van der Waals surface area contributed by atoms with Gasteiger partial charge < -0.3 is 14.4 Å². The first-order valence-electron chi connectivity index (χ1n) is 18.4. The van der Waals surface area contributed by atoms with E-state index in [1.807, 2.05) is 0 Å². The Labute approximate surface area is 265 Å². The minimum Gasteiger partial charge on any atom is -0.493 e. The number of carbonyl (C=O) groups is 2. The molecule has 1 saturated heterocycles. The Morgan fingerprint density at radius 1 is 0.977 bits per heavy atom. The number of likely N-dealkylation sites (tertiary alicyclic amines) is 1. The lowest BCUT2D eigenvalue weighted by Crippen LogP contribution is -2.69. The van der Waals surface area contributed by atoms with Gasteiger partial charge in [0, 0.05) is 30.0 Å². The van der Waals surface area contributed by atoms with Crippen LogP contribution in [0.15, 0.2) is 12.1 Å². The number of nitrogens with zero attached hydrogens (tertiary/aromatic N) is 2. The molecule has 2 aliphatic heterocycles. The van der Waals surface area contributed by atoms with Crippen LogP contribution in [0.25, 0.3) is 0 Å². The number of methoxy groups -OCH3 is 1. The predicted molar refractivity (Wildman–Crippen MR) is 173 cm³/mol. The maximum absolute atomic E-state index is 14.4. The Morgan fingerprint density at radius 3 is 2.45 bits per heavy atom. The topological polar surface area (TPSA) is 59.1 Å². The average Bonchev–Trinajstić information content (AvgIpc) is 3.39. The van der Waals surface area contributed by atoms with E-state index in [-0.39, 0.29) is 23.3 Å². The molecule has 6 aliphatic rings. The maximum Gasteiger partial charge on any atom is 0.222 e. The lowest BCUT2D eigenvalue weighted by atomic mass is 9.51. The number of carbonyl (C=O) groups excluding carboxylic acids is 2. The highest BCUT2D eigenvalue weighted by atomic mass is 16.5. The lowest BCUT2D eigenvalue weighted by molar-refractivity contribution is -0.145. The minimum atomic E-state index is -0.107. The molecule has 2 bridgehead atoms. The SMILES string of the molecule is COc1ccc2c3c1O[C@H]1[C@H](N(CC4CCCCC4)C(=O)CCCCC4CCCCC4)CC[C@H]4[C@@H](C2)N(CC(C)=O)CC[C@@]341. The fraction of sp³-hybridized carbons (Fsp3) is 0.789. The van der Waals surface area contributed by atoms with Crippen molar-refractivity contribution in [2.24, 2.45) is 17.8 Å². The van der Waals surface area contributed by atoms with E-state index < -0.39 is 0 Å². The van der Waals surface area contributed by atoms with Crippen molar-refractivity contribution >= 4 is 11.7 Å². The van der Waals surface area contributed by atoms with Crippen LogP contribution in [0.5, 0.6) is 11.5 Å². The smallest absolute Gasteiger partial charge is 0.222 e. The first-order valence-corrected chi connectivity index (χ1v) is 18.4. The molecule has 1 spiro atoms. The van der Waals surface area contributed by atoms with Crippen molar-refractivity contribution in [2.45, 2.75) is 146 Å². The van der Waals surface area contributed by atoms with Gasteiger partial charge in [-0.3, -0.25) is 14.5 Å². The van der Waals surface area contributed by atoms with Crippen LogP contribution in [-0.2, 0) is 21.4 Å². The predicted octanol–water partition coefficient (Wildman–Crippen LogP) is 7.24. The van der Waals surface area contributed by atoms with Crippen molar-refractivity contribution in [3.8, 4) is 11.5 Å². The average molecular weight is 605 g/mol. The Balaban J connectivity index is 1.17. The molecule has 6 nitrogen and oxygen atoms in total. The zero-order valence-electron chi connectivity index (χ0n) is 27.5. The van der Waals surface area contributed by atoms with E-state index in [1.54, 1.807) is 14.0 Å². The highest BCUT2D eigenvalue weighted by Gasteiger charge is 2.66. The van der Waals surface area contributed by atoms with Crippen LogP contribution in [0.3, 0.4) is 0 Å². The second kappa shape index (κ2) is 13.0. The molecule has 3 saturated carbocycles. The van der Waals surface area contributed by atoms with Crippen LogP contribution in [-0.4, -0.2) is 66.4 Å². The van der Waals surface area contributed by atoms with Gasteiger partial charge in [-0.1, -0.05) is 70.3 Å². The largest absolute Gasteiger partial charge is 0.493 e. The van der Waals surface area contributed by atoms with Gasteiger partial charge in [-0.05, 0) is 87.8 Å². The Kier molecular flexibility index (Phi) is 9.01. The van der Waals surface area contributed by atoms with Crippen LogP contribution >= 0.6 is 0 Å². The molecule has 2 heterocycles. The van der Waals surface area contributed by atoms with Crippen LogP contribution in [0, 0.1) is 17.8 Å². The molecule has 4 fully saturated rings. The molecule has 7 rings (SSSR count). The number of hydrogen-bond donors (Lipinski definition) is 0. The third-order valence-electron chi connectivity index (χ3n) is 12.9. The van der Waals surface area contributed by atoms with Crippen molar-refractivity contribution in [1.29, 1.82) is 0 Å². The molecule has 1 aromatic carbocycles. The quantitative estimate of drug-likeness (QED) is 0.249. The summed E-state index contributed by atoms with van der Waals surface area (Å²) in [6.07, 6.45) is 21.6. The number of unbranched alkanes of at least 4 members (excludes halogenated alkanes) is 1. The van der Waals surface area contributed by atoms with Gasteiger partial charge in [0.05, 0.1) is 19.7 Å². The van der Waals surface area contributed by atoms with Crippen molar-refractivity contribution < 1.29 is 19.1 Å². The second-order valence-corrected chi connectivity index (χ2v) is 15.5. The third-order valence-corrected chi connectivity index (χ3v) is 12.9. The molecule has 5 atom stereocenters. The molecule has 242 valence electrons. The highest BCUT2D eigenvalue weighted by molar-refractivity contribution is 5.78. The number of ether oxygens (including phenoxy) is 2. The second-order valence-electron chi connectivity index (χ2n) is 15.5. The molecule has 6 heteroatoms. The van der Waals surface area contributed by atoms with Gasteiger partial charge >= 0.3 is 0 Å². The Hall–Kier alpha value is -2.08. The summed E-state index contributed by atoms with van der Waals surface area (Å²) < 4.78 is 13.1. The summed E-state index contributed by atoms with van der Waals surface area (Å²) >= 11 is 0. The van der Waals surface area contributed by atoms with Crippen molar-refractivity contribution in [3.63, 3.8) is 0 Å². The first kappa shape index (κ1) is 30.6. The molecule has 0 unspecified atom stereocenters. The molecule has 0 aromatic heterocycles. The van der Waals surface area contributed by atoms with Crippen LogP contribution in [0.2, 0.25) is 0 Å². The summed E-state index contributed by atoms with van der Waals surface area (Å²) in [5.74, 6) is 4.34. The van der Waals surface area contributed by atoms with E-state index in [4.69, 9.17) is 9.47 Å². The minimum absolute atomic E-state index is 0.0386. The van der Waals surface area contributed by atoms with Crippen LogP contribution < -0.4 is 9.47 Å². The number of benzene rings is 1. The molecular formula is C38H56N2O4. The van der Waals surface area contributed by atoms with E-state index >= 15 is 0 Å². The number of ketones is 1. The Bertz CT molecular complexity index is 1200. The summed E-state index contributed by atoms with van der Waals surface area (Å²) in [5.41, 5.74) is 2.64. The van der Waals surface area contributed by atoms with E-state index in [0.29, 0.717) is 36.8 Å². The zero-order valence-corrected chi connectivity index (χ0v) is 27.5. The number of piperidine rings is 1. The summed E-state index contributed by atoms with van der Waals surface area (Å²) in [4.78, 5) is 31.5. The molecule has 0 radical (unpaired) electrons. The monoisotopic (exact) mass is 604 g/mol. The first-order chi connectivity index (χ1) is 21.5. The van der Waals surface area contributed by atoms with Crippen LogP contribution in [0.4, 0.5) is 0 Å². The van der Waals surface area contributed by atoms with Gasteiger partial charge in [0.25, 0.3) is 0 Å². The molecule has 0 N–H and O–H groups in total. The molecule has 4 aliphatic carbocycles. The van der Waals surface area contributed by atoms with Gasteiger partial charge in [-0.2, -0.15) is 0 Å². The summed E-state index contributed by atoms with van der Waals surface area (Å²) in [5, 5.41) is 0. The van der Waals surface area contributed by atoms with Gasteiger partial charge in [-0.25, -0.2) is 0 Å². The van der Waals surface area contributed by atoms with Crippen molar-refractivity contribution in [3.05, 3.63) is 23.3 Å². The van der Waals surface area contributed by atoms with Crippen molar-refractivity contribution in [2.75, 3.05) is 26.7 Å². The third kappa shape index (κ3) is 5.49. The highest BCUT2D eigenvalue weighted by Crippen LogP contribution is 2.64. The van der Waals surface area contributed by atoms with Gasteiger partial charge in [0.15, 0.2) is 11.5 Å². The standard InChI is InChI=1S/C38H56N2O4/c1-26(41)24-39-22-21-38-30-18-19-31(37(38)44-36-33(43-2)20-17-29(35(36)38)23-32(30)39)40(25-28-14-7-4-8-15-28)34(42)16-10-9-13-27-11-5-3-6-12-27/h17,20,27-28,30-32,37H,3-16,18-19,21-25H2,1-2H3/t30-,31+,32+,37-,38-/m0/s1. The summed E-state index contributed by atoms with van der Waals surface area (Å²) in [7, 11) is 1.75. The van der Waals surface area contributed by atoms with E-state index in [2.05, 4.69) is 21.9 Å². The van der Waals surface area contributed by atoms with Gasteiger partial charge in [-0.15, -0.1) is 0 Å². The molecule has 44 heavy (non-hydrogen) atoms. The summed E-state index contributed by atoms with van der Waals surface area (Å²) in [6, 6.07) is 4.79. The van der Waals surface area contributed by atoms with E-state index in [0.717, 1.165) is 62.6 Å². The summed E-state index contributed by atoms with van der Waals surface area (Å²) in [6.45, 7) is 4.08.